The second-order valence-corrected chi connectivity index (χ2v) is 5.13. The first-order valence-corrected chi connectivity index (χ1v) is 6.67. The zero-order valence-corrected chi connectivity index (χ0v) is 10.9. The van der Waals surface area contributed by atoms with Gasteiger partial charge in [0.05, 0.1) is 6.61 Å². The quantitative estimate of drug-likeness (QED) is 0.734. The van der Waals surface area contributed by atoms with Crippen LogP contribution in [0.4, 0.5) is 0 Å². The number of halogens is 1. The van der Waals surface area contributed by atoms with Crippen LogP contribution in [-0.2, 0) is 6.42 Å². The lowest BCUT2D eigenvalue weighted by Crippen LogP contribution is -2.03. The van der Waals surface area contributed by atoms with Crippen LogP contribution in [0.15, 0.2) is 48.5 Å². The molecule has 0 bridgehead atoms. The van der Waals surface area contributed by atoms with Gasteiger partial charge in [-0.05, 0) is 48.1 Å². The van der Waals surface area contributed by atoms with Crippen molar-refractivity contribution >= 4 is 11.6 Å². The topological polar surface area (TPSA) is 9.23 Å². The number of para-hydroxylation sites is 1. The van der Waals surface area contributed by atoms with Crippen molar-refractivity contribution in [1.82, 2.24) is 0 Å². The normalized spacial score (nSPS) is 18.6. The maximum absolute atomic E-state index is 5.94. The highest BCUT2D eigenvalue weighted by atomic mass is 35.5. The summed E-state index contributed by atoms with van der Waals surface area (Å²) in [5.74, 6) is 1.56. The number of rotatable bonds is 1. The number of benzene rings is 2. The third-order valence-electron chi connectivity index (χ3n) is 3.50. The van der Waals surface area contributed by atoms with E-state index in [4.69, 9.17) is 16.3 Å². The molecule has 1 aliphatic rings. The Bertz CT molecular complexity index is 533. The van der Waals surface area contributed by atoms with E-state index >= 15 is 0 Å². The van der Waals surface area contributed by atoms with E-state index in [1.165, 1.54) is 11.1 Å². The van der Waals surface area contributed by atoms with Gasteiger partial charge in [-0.3, -0.25) is 0 Å². The summed E-state index contributed by atoms with van der Waals surface area (Å²) >= 11 is 5.94. The molecule has 18 heavy (non-hydrogen) atoms. The van der Waals surface area contributed by atoms with Gasteiger partial charge in [0.15, 0.2) is 0 Å². The lowest BCUT2D eigenvalue weighted by molar-refractivity contribution is 0.310. The van der Waals surface area contributed by atoms with Crippen LogP contribution in [0.2, 0.25) is 5.02 Å². The Morgan fingerprint density at radius 3 is 2.61 bits per heavy atom. The highest BCUT2D eigenvalue weighted by Gasteiger charge is 2.18. The average Bonchev–Trinajstić information content (AvgIpc) is 2.61. The molecule has 1 atom stereocenters. The lowest BCUT2D eigenvalue weighted by Gasteiger charge is -2.14. The van der Waals surface area contributed by atoms with Gasteiger partial charge in [0, 0.05) is 5.02 Å². The van der Waals surface area contributed by atoms with E-state index in [1.807, 2.05) is 18.2 Å². The standard InChI is InChI=1S/C16H15ClO/c17-15-7-5-12(6-8-15)13-9-10-18-16-4-2-1-3-14(16)11-13/h1-8,13H,9-11H2/t13-/m0/s1. The Kier molecular flexibility index (Phi) is 3.24. The molecule has 1 heterocycles. The molecule has 0 aliphatic carbocycles. The zero-order valence-electron chi connectivity index (χ0n) is 10.1. The van der Waals surface area contributed by atoms with Gasteiger partial charge < -0.3 is 4.74 Å². The van der Waals surface area contributed by atoms with Gasteiger partial charge in [-0.25, -0.2) is 0 Å². The van der Waals surface area contributed by atoms with Gasteiger partial charge in [0.1, 0.15) is 5.75 Å². The molecule has 1 nitrogen and oxygen atoms in total. The fourth-order valence-corrected chi connectivity index (χ4v) is 2.64. The highest BCUT2D eigenvalue weighted by Crippen LogP contribution is 2.32. The molecule has 2 aromatic carbocycles. The summed E-state index contributed by atoms with van der Waals surface area (Å²) in [6.07, 6.45) is 2.09. The number of hydrogen-bond acceptors (Lipinski definition) is 1. The summed E-state index contributed by atoms with van der Waals surface area (Å²) in [6.45, 7) is 0.782. The molecular weight excluding hydrogens is 244 g/mol. The van der Waals surface area contributed by atoms with Gasteiger partial charge in [-0.15, -0.1) is 0 Å². The average molecular weight is 259 g/mol. The van der Waals surface area contributed by atoms with Gasteiger partial charge in [0.2, 0.25) is 0 Å². The van der Waals surface area contributed by atoms with Crippen molar-refractivity contribution in [2.75, 3.05) is 6.61 Å². The van der Waals surface area contributed by atoms with Crippen molar-refractivity contribution in [3.63, 3.8) is 0 Å². The minimum atomic E-state index is 0.519. The first-order chi connectivity index (χ1) is 8.83. The summed E-state index contributed by atoms with van der Waals surface area (Å²) in [5, 5.41) is 0.795. The molecule has 0 saturated heterocycles. The highest BCUT2D eigenvalue weighted by molar-refractivity contribution is 6.30. The van der Waals surface area contributed by atoms with E-state index in [1.54, 1.807) is 0 Å². The molecule has 0 fully saturated rings. The van der Waals surface area contributed by atoms with Gasteiger partial charge >= 0.3 is 0 Å². The molecule has 0 radical (unpaired) electrons. The molecule has 0 saturated carbocycles. The van der Waals surface area contributed by atoms with Crippen molar-refractivity contribution < 1.29 is 4.74 Å². The first-order valence-electron chi connectivity index (χ1n) is 6.29. The first kappa shape index (κ1) is 11.6. The largest absolute Gasteiger partial charge is 0.493 e. The SMILES string of the molecule is Clc1ccc([C@H]2CCOc3ccccc3C2)cc1. The van der Waals surface area contributed by atoms with Gasteiger partial charge in [0.25, 0.3) is 0 Å². The van der Waals surface area contributed by atoms with Crippen LogP contribution in [0.25, 0.3) is 0 Å². The fourth-order valence-electron chi connectivity index (χ4n) is 2.51. The third kappa shape index (κ3) is 2.37. The third-order valence-corrected chi connectivity index (χ3v) is 3.76. The van der Waals surface area contributed by atoms with Crippen LogP contribution in [0.5, 0.6) is 5.75 Å². The monoisotopic (exact) mass is 258 g/mol. The molecule has 92 valence electrons. The maximum atomic E-state index is 5.94. The molecule has 0 unspecified atom stereocenters. The summed E-state index contributed by atoms with van der Waals surface area (Å²) < 4.78 is 5.80. The minimum Gasteiger partial charge on any atom is -0.493 e. The Balaban J connectivity index is 1.89. The van der Waals surface area contributed by atoms with Crippen LogP contribution in [0, 0.1) is 0 Å². The Labute approximate surface area is 112 Å². The van der Waals surface area contributed by atoms with E-state index in [-0.39, 0.29) is 0 Å². The molecule has 2 heteroatoms. The van der Waals surface area contributed by atoms with Crippen molar-refractivity contribution in [2.45, 2.75) is 18.8 Å². The Morgan fingerprint density at radius 2 is 1.78 bits per heavy atom. The summed E-state index contributed by atoms with van der Waals surface area (Å²) in [5.41, 5.74) is 2.65. The summed E-state index contributed by atoms with van der Waals surface area (Å²) in [6, 6.07) is 16.5. The van der Waals surface area contributed by atoms with E-state index in [0.29, 0.717) is 5.92 Å². The zero-order chi connectivity index (χ0) is 12.4. The molecule has 2 aromatic rings. The Hall–Kier alpha value is -1.47. The minimum absolute atomic E-state index is 0.519. The van der Waals surface area contributed by atoms with Crippen molar-refractivity contribution in [3.05, 3.63) is 64.7 Å². The van der Waals surface area contributed by atoms with E-state index in [9.17, 15) is 0 Å². The predicted molar refractivity (Wildman–Crippen MR) is 74.5 cm³/mol. The van der Waals surface area contributed by atoms with Crippen LogP contribution in [0.3, 0.4) is 0 Å². The van der Waals surface area contributed by atoms with Gasteiger partial charge in [-0.1, -0.05) is 41.9 Å². The molecule has 0 aromatic heterocycles. The van der Waals surface area contributed by atoms with E-state index < -0.39 is 0 Å². The number of fused-ring (bicyclic) bond motifs is 1. The van der Waals surface area contributed by atoms with Crippen LogP contribution in [-0.4, -0.2) is 6.61 Å². The summed E-state index contributed by atoms with van der Waals surface area (Å²) in [7, 11) is 0. The van der Waals surface area contributed by atoms with Crippen LogP contribution in [0.1, 0.15) is 23.5 Å². The lowest BCUT2D eigenvalue weighted by atomic mass is 9.90. The molecular formula is C16H15ClO. The van der Waals surface area contributed by atoms with E-state index in [0.717, 1.165) is 30.2 Å². The van der Waals surface area contributed by atoms with Crippen molar-refractivity contribution in [3.8, 4) is 5.75 Å². The second kappa shape index (κ2) is 5.03. The van der Waals surface area contributed by atoms with Crippen LogP contribution >= 0.6 is 11.6 Å². The van der Waals surface area contributed by atoms with E-state index in [2.05, 4.69) is 30.3 Å². The predicted octanol–water partition coefficient (Wildman–Crippen LogP) is 4.45. The maximum Gasteiger partial charge on any atom is 0.122 e. The molecule has 0 spiro atoms. The number of hydrogen-bond donors (Lipinski definition) is 0. The molecule has 3 rings (SSSR count). The second-order valence-electron chi connectivity index (χ2n) is 4.70. The Morgan fingerprint density at radius 1 is 1.00 bits per heavy atom. The molecule has 1 aliphatic heterocycles. The summed E-state index contributed by atoms with van der Waals surface area (Å²) in [4.78, 5) is 0. The fraction of sp³-hybridized carbons (Fsp3) is 0.250. The van der Waals surface area contributed by atoms with Crippen molar-refractivity contribution in [2.24, 2.45) is 0 Å². The molecule has 0 N–H and O–H groups in total. The van der Waals surface area contributed by atoms with Crippen LogP contribution < -0.4 is 4.74 Å². The molecule has 0 amide bonds. The van der Waals surface area contributed by atoms with Crippen molar-refractivity contribution in [1.29, 1.82) is 0 Å². The number of ether oxygens (including phenoxy) is 1. The smallest absolute Gasteiger partial charge is 0.122 e. The van der Waals surface area contributed by atoms with Gasteiger partial charge in [-0.2, -0.15) is 0 Å².